The standard InChI is InChI=1S/C8H10FNO/c9-7-3-4-10-8(6-7)2-1-5-11/h3-4,6,11H,1-2,5H2. The summed E-state index contributed by atoms with van der Waals surface area (Å²) in [5.74, 6) is -0.270. The number of aromatic nitrogens is 1. The van der Waals surface area contributed by atoms with E-state index in [1.807, 2.05) is 0 Å². The summed E-state index contributed by atoms with van der Waals surface area (Å²) in [7, 11) is 0. The van der Waals surface area contributed by atoms with E-state index in [9.17, 15) is 4.39 Å². The first kappa shape index (κ1) is 8.14. The SMILES string of the molecule is OCCCc1cc(F)ccn1. The third-order valence-electron chi connectivity index (χ3n) is 1.37. The molecule has 0 aromatic carbocycles. The second-order valence-corrected chi connectivity index (χ2v) is 2.29. The number of pyridine rings is 1. The minimum absolute atomic E-state index is 0.123. The molecular formula is C8H10FNO. The van der Waals surface area contributed by atoms with Gasteiger partial charge < -0.3 is 5.11 Å². The van der Waals surface area contributed by atoms with Gasteiger partial charge in [-0.25, -0.2) is 4.39 Å². The normalized spacial score (nSPS) is 10.0. The van der Waals surface area contributed by atoms with Crippen LogP contribution < -0.4 is 0 Å². The molecule has 0 saturated carbocycles. The summed E-state index contributed by atoms with van der Waals surface area (Å²) in [5.41, 5.74) is 0.694. The summed E-state index contributed by atoms with van der Waals surface area (Å²) in [6, 6.07) is 2.69. The number of rotatable bonds is 3. The lowest BCUT2D eigenvalue weighted by atomic mass is 10.2. The maximum atomic E-state index is 12.5. The van der Waals surface area contributed by atoms with Gasteiger partial charge >= 0.3 is 0 Å². The molecule has 0 fully saturated rings. The molecule has 11 heavy (non-hydrogen) atoms. The summed E-state index contributed by atoms with van der Waals surface area (Å²) in [6.07, 6.45) is 2.70. The Morgan fingerprint density at radius 2 is 2.36 bits per heavy atom. The van der Waals surface area contributed by atoms with E-state index < -0.39 is 0 Å². The Kier molecular flexibility index (Phi) is 2.98. The van der Waals surface area contributed by atoms with Crippen LogP contribution in [0.25, 0.3) is 0 Å². The van der Waals surface area contributed by atoms with Crippen molar-refractivity contribution in [3.63, 3.8) is 0 Å². The minimum Gasteiger partial charge on any atom is -0.396 e. The highest BCUT2D eigenvalue weighted by Crippen LogP contribution is 2.01. The van der Waals surface area contributed by atoms with Crippen molar-refractivity contribution in [1.29, 1.82) is 0 Å². The highest BCUT2D eigenvalue weighted by atomic mass is 19.1. The molecular weight excluding hydrogens is 145 g/mol. The van der Waals surface area contributed by atoms with E-state index in [2.05, 4.69) is 4.98 Å². The molecule has 1 aromatic heterocycles. The zero-order valence-electron chi connectivity index (χ0n) is 6.13. The zero-order chi connectivity index (χ0) is 8.10. The molecule has 0 amide bonds. The van der Waals surface area contributed by atoms with Crippen LogP contribution in [0, 0.1) is 5.82 Å². The van der Waals surface area contributed by atoms with Crippen LogP contribution in [0.2, 0.25) is 0 Å². The predicted octanol–water partition coefficient (Wildman–Crippen LogP) is 1.15. The van der Waals surface area contributed by atoms with Crippen molar-refractivity contribution in [2.75, 3.05) is 6.61 Å². The fourth-order valence-corrected chi connectivity index (χ4v) is 0.846. The third kappa shape index (κ3) is 2.63. The first-order chi connectivity index (χ1) is 5.33. The molecule has 0 spiro atoms. The Balaban J connectivity index is 2.56. The summed E-state index contributed by atoms with van der Waals surface area (Å²) >= 11 is 0. The molecule has 0 aliphatic rings. The van der Waals surface area contributed by atoms with E-state index in [1.54, 1.807) is 0 Å². The molecule has 0 aliphatic carbocycles. The molecule has 1 heterocycles. The predicted molar refractivity (Wildman–Crippen MR) is 39.6 cm³/mol. The topological polar surface area (TPSA) is 33.1 Å². The summed E-state index contributed by atoms with van der Waals surface area (Å²) in [5, 5.41) is 8.48. The van der Waals surface area contributed by atoms with E-state index in [4.69, 9.17) is 5.11 Å². The molecule has 0 atom stereocenters. The second kappa shape index (κ2) is 4.03. The summed E-state index contributed by atoms with van der Waals surface area (Å²) in [4.78, 5) is 3.93. The van der Waals surface area contributed by atoms with Gasteiger partial charge in [0, 0.05) is 18.5 Å². The fourth-order valence-electron chi connectivity index (χ4n) is 0.846. The monoisotopic (exact) mass is 155 g/mol. The number of hydrogen-bond donors (Lipinski definition) is 1. The van der Waals surface area contributed by atoms with Gasteiger partial charge in [0.15, 0.2) is 0 Å². The van der Waals surface area contributed by atoms with Crippen molar-refractivity contribution in [2.24, 2.45) is 0 Å². The summed E-state index contributed by atoms with van der Waals surface area (Å²) < 4.78 is 12.5. The first-order valence-electron chi connectivity index (χ1n) is 3.54. The Morgan fingerprint density at radius 1 is 1.55 bits per heavy atom. The van der Waals surface area contributed by atoms with Gasteiger partial charge in [-0.2, -0.15) is 0 Å². The van der Waals surface area contributed by atoms with Crippen molar-refractivity contribution in [1.82, 2.24) is 4.98 Å². The lowest BCUT2D eigenvalue weighted by Gasteiger charge is -1.96. The first-order valence-corrected chi connectivity index (χ1v) is 3.54. The molecule has 1 N–H and O–H groups in total. The number of aryl methyl sites for hydroxylation is 1. The molecule has 60 valence electrons. The maximum Gasteiger partial charge on any atom is 0.126 e. The van der Waals surface area contributed by atoms with E-state index in [1.165, 1.54) is 18.3 Å². The quantitative estimate of drug-likeness (QED) is 0.710. The van der Waals surface area contributed by atoms with Gasteiger partial charge in [0.05, 0.1) is 0 Å². The lowest BCUT2D eigenvalue weighted by molar-refractivity contribution is 0.288. The van der Waals surface area contributed by atoms with Gasteiger partial charge in [0.2, 0.25) is 0 Å². The zero-order valence-corrected chi connectivity index (χ0v) is 6.13. The number of halogens is 1. The molecule has 0 radical (unpaired) electrons. The van der Waals surface area contributed by atoms with Crippen molar-refractivity contribution < 1.29 is 9.50 Å². The number of aliphatic hydroxyl groups is 1. The van der Waals surface area contributed by atoms with Crippen molar-refractivity contribution >= 4 is 0 Å². The molecule has 0 bridgehead atoms. The third-order valence-corrected chi connectivity index (χ3v) is 1.37. The van der Waals surface area contributed by atoms with Crippen LogP contribution >= 0.6 is 0 Å². The van der Waals surface area contributed by atoms with Crippen molar-refractivity contribution in [3.8, 4) is 0 Å². The Bertz CT molecular complexity index is 227. The van der Waals surface area contributed by atoms with Crippen LogP contribution in [0.3, 0.4) is 0 Å². The number of aliphatic hydroxyl groups excluding tert-OH is 1. The average molecular weight is 155 g/mol. The van der Waals surface area contributed by atoms with Crippen molar-refractivity contribution in [3.05, 3.63) is 29.8 Å². The number of hydrogen-bond acceptors (Lipinski definition) is 2. The number of nitrogens with zero attached hydrogens (tertiary/aromatic N) is 1. The van der Waals surface area contributed by atoms with Gasteiger partial charge in [-0.15, -0.1) is 0 Å². The maximum absolute atomic E-state index is 12.5. The van der Waals surface area contributed by atoms with E-state index in [0.29, 0.717) is 18.5 Å². The van der Waals surface area contributed by atoms with E-state index >= 15 is 0 Å². The Labute approximate surface area is 64.7 Å². The van der Waals surface area contributed by atoms with Gasteiger partial charge in [-0.3, -0.25) is 4.98 Å². The molecule has 2 nitrogen and oxygen atoms in total. The van der Waals surface area contributed by atoms with E-state index in [-0.39, 0.29) is 12.4 Å². The van der Waals surface area contributed by atoms with E-state index in [0.717, 1.165) is 0 Å². The van der Waals surface area contributed by atoms with Gasteiger partial charge in [-0.1, -0.05) is 0 Å². The molecule has 3 heteroatoms. The molecule has 1 aromatic rings. The highest BCUT2D eigenvalue weighted by Gasteiger charge is 1.94. The smallest absolute Gasteiger partial charge is 0.126 e. The van der Waals surface area contributed by atoms with Gasteiger partial charge in [0.25, 0.3) is 0 Å². The second-order valence-electron chi connectivity index (χ2n) is 2.29. The minimum atomic E-state index is -0.270. The largest absolute Gasteiger partial charge is 0.396 e. The van der Waals surface area contributed by atoms with Crippen LogP contribution in [-0.2, 0) is 6.42 Å². The molecule has 0 saturated heterocycles. The molecule has 0 aliphatic heterocycles. The molecule has 1 rings (SSSR count). The van der Waals surface area contributed by atoms with Crippen LogP contribution in [-0.4, -0.2) is 16.7 Å². The Morgan fingerprint density at radius 3 is 3.00 bits per heavy atom. The average Bonchev–Trinajstić information content (AvgIpc) is 2.01. The van der Waals surface area contributed by atoms with Crippen molar-refractivity contribution in [2.45, 2.75) is 12.8 Å². The fraction of sp³-hybridized carbons (Fsp3) is 0.375. The van der Waals surface area contributed by atoms with Crippen LogP contribution in [0.1, 0.15) is 12.1 Å². The van der Waals surface area contributed by atoms with Crippen LogP contribution in [0.5, 0.6) is 0 Å². The van der Waals surface area contributed by atoms with Gasteiger partial charge in [0.1, 0.15) is 5.82 Å². The van der Waals surface area contributed by atoms with Gasteiger partial charge in [-0.05, 0) is 25.0 Å². The highest BCUT2D eigenvalue weighted by molar-refractivity contribution is 5.05. The lowest BCUT2D eigenvalue weighted by Crippen LogP contribution is -1.93. The summed E-state index contributed by atoms with van der Waals surface area (Å²) in [6.45, 7) is 0.123. The Hall–Kier alpha value is -0.960. The van der Waals surface area contributed by atoms with Crippen LogP contribution in [0.4, 0.5) is 4.39 Å². The molecule has 0 unspecified atom stereocenters. The van der Waals surface area contributed by atoms with Crippen LogP contribution in [0.15, 0.2) is 18.3 Å².